The van der Waals surface area contributed by atoms with Gasteiger partial charge < -0.3 is 10.8 Å². The highest BCUT2D eigenvalue weighted by atomic mass is 16.3. The third-order valence-corrected chi connectivity index (χ3v) is 3.37. The average molecular weight is 235 g/mol. The summed E-state index contributed by atoms with van der Waals surface area (Å²) in [7, 11) is 0. The lowest BCUT2D eigenvalue weighted by Gasteiger charge is -2.32. The molecule has 2 heterocycles. The molecule has 1 fully saturated rings. The van der Waals surface area contributed by atoms with Crippen LogP contribution in [0.5, 0.6) is 0 Å². The molecule has 3 N–H and O–H groups in total. The fraction of sp³-hybridized carbons (Fsp3) is 0.615. The maximum atomic E-state index is 8.98. The Labute approximate surface area is 102 Å². The molecule has 0 bridgehead atoms. The van der Waals surface area contributed by atoms with Crippen LogP contribution in [-0.4, -0.2) is 34.7 Å². The monoisotopic (exact) mass is 235 g/mol. The molecule has 4 heteroatoms. The van der Waals surface area contributed by atoms with E-state index in [1.807, 2.05) is 12.1 Å². The molecule has 0 spiro atoms. The van der Waals surface area contributed by atoms with E-state index in [0.29, 0.717) is 12.5 Å². The van der Waals surface area contributed by atoms with Crippen molar-refractivity contribution in [2.75, 3.05) is 25.4 Å². The molecule has 1 atom stereocenters. The largest absolute Gasteiger partial charge is 0.399 e. The van der Waals surface area contributed by atoms with Crippen molar-refractivity contribution in [2.24, 2.45) is 5.92 Å². The minimum atomic E-state index is 0.301. The van der Waals surface area contributed by atoms with Crippen molar-refractivity contribution in [2.45, 2.75) is 25.8 Å². The van der Waals surface area contributed by atoms with E-state index in [-0.39, 0.29) is 0 Å². The summed E-state index contributed by atoms with van der Waals surface area (Å²) < 4.78 is 0. The second-order valence-electron chi connectivity index (χ2n) is 4.84. The Balaban J connectivity index is 1.90. The lowest BCUT2D eigenvalue weighted by atomic mass is 9.95. The number of anilines is 1. The number of hydrogen-bond acceptors (Lipinski definition) is 4. The van der Waals surface area contributed by atoms with E-state index in [2.05, 4.69) is 9.88 Å². The minimum absolute atomic E-state index is 0.301. The van der Waals surface area contributed by atoms with Crippen LogP contribution >= 0.6 is 0 Å². The van der Waals surface area contributed by atoms with E-state index >= 15 is 0 Å². The predicted octanol–water partition coefficient (Wildman–Crippen LogP) is 1.26. The predicted molar refractivity (Wildman–Crippen MR) is 68.4 cm³/mol. The summed E-state index contributed by atoms with van der Waals surface area (Å²) in [5.74, 6) is 0.634. The molecule has 1 aliphatic rings. The molecule has 1 unspecified atom stereocenters. The van der Waals surface area contributed by atoms with Crippen LogP contribution in [0.4, 0.5) is 5.69 Å². The summed E-state index contributed by atoms with van der Waals surface area (Å²) in [5.41, 5.74) is 7.56. The van der Waals surface area contributed by atoms with E-state index in [1.165, 1.54) is 12.8 Å². The first-order valence-electron chi connectivity index (χ1n) is 6.31. The van der Waals surface area contributed by atoms with E-state index in [9.17, 15) is 0 Å². The van der Waals surface area contributed by atoms with Gasteiger partial charge in [0.25, 0.3) is 0 Å². The number of nitrogens with zero attached hydrogens (tertiary/aromatic N) is 2. The second kappa shape index (κ2) is 5.98. The first-order chi connectivity index (χ1) is 8.28. The minimum Gasteiger partial charge on any atom is -0.399 e. The van der Waals surface area contributed by atoms with E-state index < -0.39 is 0 Å². The van der Waals surface area contributed by atoms with E-state index in [0.717, 1.165) is 37.4 Å². The molecule has 94 valence electrons. The lowest BCUT2D eigenvalue weighted by Crippen LogP contribution is -2.35. The zero-order valence-electron chi connectivity index (χ0n) is 10.2. The maximum absolute atomic E-state index is 8.98. The highest BCUT2D eigenvalue weighted by molar-refractivity contribution is 5.37. The second-order valence-corrected chi connectivity index (χ2v) is 4.84. The Morgan fingerprint density at radius 2 is 2.41 bits per heavy atom. The van der Waals surface area contributed by atoms with Gasteiger partial charge in [0.1, 0.15) is 0 Å². The lowest BCUT2D eigenvalue weighted by molar-refractivity contribution is 0.141. The van der Waals surface area contributed by atoms with Crippen LogP contribution < -0.4 is 5.73 Å². The molecule has 0 amide bonds. The van der Waals surface area contributed by atoms with Gasteiger partial charge in [-0.15, -0.1) is 0 Å². The van der Waals surface area contributed by atoms with Gasteiger partial charge in [-0.2, -0.15) is 0 Å². The molecule has 0 aliphatic carbocycles. The van der Waals surface area contributed by atoms with Crippen molar-refractivity contribution in [1.29, 1.82) is 0 Å². The number of pyridine rings is 1. The molecule has 0 aromatic carbocycles. The summed E-state index contributed by atoms with van der Waals surface area (Å²) in [4.78, 5) is 6.74. The van der Waals surface area contributed by atoms with E-state index in [1.54, 1.807) is 6.20 Å². The van der Waals surface area contributed by atoms with Gasteiger partial charge in [-0.3, -0.25) is 9.88 Å². The van der Waals surface area contributed by atoms with Gasteiger partial charge in [0.2, 0.25) is 0 Å². The van der Waals surface area contributed by atoms with Gasteiger partial charge in [-0.25, -0.2) is 0 Å². The third kappa shape index (κ3) is 3.68. The SMILES string of the molecule is Nc1ccnc(CN2CCCC(CCO)C2)c1. The first-order valence-corrected chi connectivity index (χ1v) is 6.31. The Kier molecular flexibility index (Phi) is 4.34. The summed E-state index contributed by atoms with van der Waals surface area (Å²) in [6.45, 7) is 3.36. The molecule has 0 saturated carbocycles. The first kappa shape index (κ1) is 12.3. The Hall–Kier alpha value is -1.13. The molecule has 1 aromatic heterocycles. The number of likely N-dealkylation sites (tertiary alicyclic amines) is 1. The number of piperidine rings is 1. The van der Waals surface area contributed by atoms with Gasteiger partial charge in [0.05, 0.1) is 5.69 Å². The standard InChI is InChI=1S/C13H21N3O/c14-12-3-5-15-13(8-12)10-16-6-1-2-11(9-16)4-7-17/h3,5,8,11,17H,1-2,4,6-7,9-10H2,(H2,14,15). The van der Waals surface area contributed by atoms with Crippen molar-refractivity contribution in [1.82, 2.24) is 9.88 Å². The van der Waals surface area contributed by atoms with Crippen molar-refractivity contribution >= 4 is 5.69 Å². The number of nitrogen functional groups attached to an aromatic ring is 1. The van der Waals surface area contributed by atoms with E-state index in [4.69, 9.17) is 10.8 Å². The highest BCUT2D eigenvalue weighted by Gasteiger charge is 2.19. The fourth-order valence-corrected chi connectivity index (χ4v) is 2.53. The number of aromatic nitrogens is 1. The third-order valence-electron chi connectivity index (χ3n) is 3.37. The number of rotatable bonds is 4. The van der Waals surface area contributed by atoms with Gasteiger partial charge >= 0.3 is 0 Å². The van der Waals surface area contributed by atoms with Crippen molar-refractivity contribution < 1.29 is 5.11 Å². The zero-order chi connectivity index (χ0) is 12.1. The van der Waals surface area contributed by atoms with Crippen LogP contribution in [-0.2, 0) is 6.54 Å². The molecule has 1 aliphatic heterocycles. The average Bonchev–Trinajstić information content (AvgIpc) is 2.30. The maximum Gasteiger partial charge on any atom is 0.0564 e. The summed E-state index contributed by atoms with van der Waals surface area (Å²) >= 11 is 0. The van der Waals surface area contributed by atoms with Crippen molar-refractivity contribution in [3.05, 3.63) is 24.0 Å². The van der Waals surface area contributed by atoms with Crippen LogP contribution in [0.3, 0.4) is 0 Å². The molecule has 1 aromatic rings. The van der Waals surface area contributed by atoms with Crippen LogP contribution in [0, 0.1) is 5.92 Å². The van der Waals surface area contributed by atoms with Crippen LogP contribution in [0.15, 0.2) is 18.3 Å². The van der Waals surface area contributed by atoms with Crippen molar-refractivity contribution in [3.63, 3.8) is 0 Å². The van der Waals surface area contributed by atoms with Gasteiger partial charge in [0, 0.05) is 31.6 Å². The van der Waals surface area contributed by atoms with Crippen molar-refractivity contribution in [3.8, 4) is 0 Å². The zero-order valence-corrected chi connectivity index (χ0v) is 10.2. The molecule has 2 rings (SSSR count). The van der Waals surface area contributed by atoms with Crippen LogP contribution in [0.25, 0.3) is 0 Å². The number of aliphatic hydroxyl groups excluding tert-OH is 1. The topological polar surface area (TPSA) is 62.4 Å². The van der Waals surface area contributed by atoms with Gasteiger partial charge in [0.15, 0.2) is 0 Å². The Morgan fingerprint density at radius 3 is 3.18 bits per heavy atom. The van der Waals surface area contributed by atoms with Gasteiger partial charge in [-0.1, -0.05) is 0 Å². The number of aliphatic hydroxyl groups is 1. The quantitative estimate of drug-likeness (QED) is 0.824. The van der Waals surface area contributed by atoms with Crippen LogP contribution in [0.2, 0.25) is 0 Å². The highest BCUT2D eigenvalue weighted by Crippen LogP contribution is 2.20. The number of nitrogens with two attached hydrogens (primary N) is 1. The normalized spacial score (nSPS) is 21.6. The molecule has 0 radical (unpaired) electrons. The molecule has 17 heavy (non-hydrogen) atoms. The summed E-state index contributed by atoms with van der Waals surface area (Å²) in [5, 5.41) is 8.98. The Morgan fingerprint density at radius 1 is 1.53 bits per heavy atom. The molecular weight excluding hydrogens is 214 g/mol. The smallest absolute Gasteiger partial charge is 0.0564 e. The summed E-state index contributed by atoms with van der Waals surface area (Å²) in [6.07, 6.45) is 5.13. The molecular formula is C13H21N3O. The Bertz CT molecular complexity index is 354. The fourth-order valence-electron chi connectivity index (χ4n) is 2.53. The van der Waals surface area contributed by atoms with Gasteiger partial charge in [-0.05, 0) is 43.9 Å². The summed E-state index contributed by atoms with van der Waals surface area (Å²) in [6, 6.07) is 3.75. The molecule has 4 nitrogen and oxygen atoms in total. The number of hydrogen-bond donors (Lipinski definition) is 2. The molecule has 1 saturated heterocycles. The van der Waals surface area contributed by atoms with Crippen LogP contribution in [0.1, 0.15) is 25.0 Å².